The minimum absolute atomic E-state index is 1.07. The van der Waals surface area contributed by atoms with Crippen LogP contribution in [0.1, 0.15) is 41.5 Å². The van der Waals surface area contributed by atoms with Crippen LogP contribution in [-0.4, -0.2) is 23.0 Å². The van der Waals surface area contributed by atoms with Crippen LogP contribution in [0.3, 0.4) is 0 Å². The predicted molar refractivity (Wildman–Crippen MR) is 108 cm³/mol. The third-order valence-corrected chi connectivity index (χ3v) is 6.16. The maximum Gasteiger partial charge on any atom is 0.0744 e. The second-order valence-electron chi connectivity index (χ2n) is 7.92. The third-order valence-electron chi connectivity index (χ3n) is 6.16. The zero-order chi connectivity index (χ0) is 17.5. The summed E-state index contributed by atoms with van der Waals surface area (Å²) in [4.78, 5) is 7.76. The van der Waals surface area contributed by atoms with Crippen LogP contribution in [0.15, 0.2) is 42.5 Å². The summed E-state index contributed by atoms with van der Waals surface area (Å²) in [6.45, 7) is 5.83. The first-order valence-corrected chi connectivity index (χ1v) is 10.0. The molecule has 1 aliphatic carbocycles. The van der Waals surface area contributed by atoms with Gasteiger partial charge >= 0.3 is 0 Å². The number of hydrogen-bond donors (Lipinski definition) is 0. The zero-order valence-corrected chi connectivity index (χ0v) is 15.6. The monoisotopic (exact) mass is 342 g/mol. The lowest BCUT2D eigenvalue weighted by atomic mass is 9.96. The summed E-state index contributed by atoms with van der Waals surface area (Å²) < 4.78 is 0. The molecule has 2 heterocycles. The molecule has 0 unspecified atom stereocenters. The number of aromatic nitrogens is 1. The second-order valence-corrected chi connectivity index (χ2v) is 7.92. The van der Waals surface area contributed by atoms with Gasteiger partial charge < -0.3 is 0 Å². The Labute approximate surface area is 155 Å². The molecule has 2 aliphatic rings. The molecular formula is C24H26N2. The Hall–Kier alpha value is -2.19. The van der Waals surface area contributed by atoms with Crippen LogP contribution in [0.25, 0.3) is 22.2 Å². The number of pyridine rings is 1. The Morgan fingerprint density at radius 1 is 0.923 bits per heavy atom. The van der Waals surface area contributed by atoms with Crippen molar-refractivity contribution in [2.24, 2.45) is 0 Å². The Morgan fingerprint density at radius 3 is 2.50 bits per heavy atom. The van der Waals surface area contributed by atoms with Crippen LogP contribution in [-0.2, 0) is 19.4 Å². The van der Waals surface area contributed by atoms with E-state index in [9.17, 15) is 0 Å². The molecule has 0 radical (unpaired) electrons. The summed E-state index contributed by atoms with van der Waals surface area (Å²) in [7, 11) is 0. The van der Waals surface area contributed by atoms with E-state index < -0.39 is 0 Å². The normalized spacial score (nSPS) is 17.1. The smallest absolute Gasteiger partial charge is 0.0744 e. The predicted octanol–water partition coefficient (Wildman–Crippen LogP) is 5.29. The van der Waals surface area contributed by atoms with Crippen molar-refractivity contribution in [1.29, 1.82) is 0 Å². The number of benzene rings is 2. The van der Waals surface area contributed by atoms with Gasteiger partial charge in [0.25, 0.3) is 0 Å². The summed E-state index contributed by atoms with van der Waals surface area (Å²) in [5.41, 5.74) is 9.55. The molecule has 2 aromatic carbocycles. The molecule has 0 N–H and O–H groups in total. The van der Waals surface area contributed by atoms with Gasteiger partial charge in [0.1, 0.15) is 0 Å². The molecule has 5 rings (SSSR count). The van der Waals surface area contributed by atoms with Crippen LogP contribution in [0, 0.1) is 6.92 Å². The fraction of sp³-hybridized carbons (Fsp3) is 0.375. The van der Waals surface area contributed by atoms with Gasteiger partial charge in [-0.1, -0.05) is 30.3 Å². The van der Waals surface area contributed by atoms with Crippen molar-refractivity contribution in [3.63, 3.8) is 0 Å². The van der Waals surface area contributed by atoms with Crippen LogP contribution < -0.4 is 0 Å². The van der Waals surface area contributed by atoms with Crippen LogP contribution in [0.4, 0.5) is 0 Å². The van der Waals surface area contributed by atoms with Gasteiger partial charge in [-0.3, -0.25) is 4.90 Å². The van der Waals surface area contributed by atoms with Gasteiger partial charge in [-0.05, 0) is 86.5 Å². The average molecular weight is 342 g/mol. The molecule has 1 aromatic heterocycles. The average Bonchev–Trinajstić information content (AvgIpc) is 3.35. The molecule has 0 amide bonds. The minimum Gasteiger partial charge on any atom is -0.299 e. The van der Waals surface area contributed by atoms with Gasteiger partial charge in [-0.2, -0.15) is 0 Å². The van der Waals surface area contributed by atoms with E-state index >= 15 is 0 Å². The molecule has 0 saturated carbocycles. The fourth-order valence-corrected chi connectivity index (χ4v) is 4.75. The number of fused-ring (bicyclic) bond motifs is 3. The number of nitrogens with zero attached hydrogens (tertiary/aromatic N) is 2. The van der Waals surface area contributed by atoms with Crippen LogP contribution in [0.2, 0.25) is 0 Å². The summed E-state index contributed by atoms with van der Waals surface area (Å²) in [5, 5.41) is 1.39. The van der Waals surface area contributed by atoms with Crippen LogP contribution in [0.5, 0.6) is 0 Å². The van der Waals surface area contributed by atoms with Gasteiger partial charge in [0.2, 0.25) is 0 Å². The van der Waals surface area contributed by atoms with Crippen molar-refractivity contribution in [2.75, 3.05) is 13.1 Å². The largest absolute Gasteiger partial charge is 0.299 e. The van der Waals surface area contributed by atoms with Crippen LogP contribution >= 0.6 is 0 Å². The lowest BCUT2D eigenvalue weighted by Crippen LogP contribution is -2.19. The van der Waals surface area contributed by atoms with Gasteiger partial charge in [-0.25, -0.2) is 4.98 Å². The number of rotatable bonds is 3. The van der Waals surface area contributed by atoms with Crippen molar-refractivity contribution < 1.29 is 0 Å². The Balaban J connectivity index is 1.66. The van der Waals surface area contributed by atoms with Crippen molar-refractivity contribution >= 4 is 10.9 Å². The molecule has 1 fully saturated rings. The lowest BCUT2D eigenvalue weighted by Gasteiger charge is -2.18. The highest BCUT2D eigenvalue weighted by molar-refractivity contribution is 5.89. The van der Waals surface area contributed by atoms with Gasteiger partial charge in [0.15, 0.2) is 0 Å². The van der Waals surface area contributed by atoms with E-state index in [1.54, 1.807) is 5.56 Å². The Bertz CT molecular complexity index is 953. The third kappa shape index (κ3) is 2.73. The first kappa shape index (κ1) is 16.0. The molecule has 1 saturated heterocycles. The second kappa shape index (κ2) is 6.51. The van der Waals surface area contributed by atoms with Gasteiger partial charge in [-0.15, -0.1) is 0 Å². The maximum atomic E-state index is 5.17. The molecule has 26 heavy (non-hydrogen) atoms. The minimum atomic E-state index is 1.07. The van der Waals surface area contributed by atoms with Crippen molar-refractivity contribution in [2.45, 2.75) is 45.6 Å². The zero-order valence-electron chi connectivity index (χ0n) is 15.6. The summed E-state index contributed by atoms with van der Waals surface area (Å²) >= 11 is 0. The first-order valence-electron chi connectivity index (χ1n) is 10.0. The molecule has 0 bridgehead atoms. The number of likely N-dealkylation sites (tertiary alicyclic amines) is 1. The molecule has 3 aromatic rings. The lowest BCUT2D eigenvalue weighted by molar-refractivity contribution is 0.331. The Kier molecular flexibility index (Phi) is 4.01. The van der Waals surface area contributed by atoms with E-state index in [4.69, 9.17) is 4.98 Å². The highest BCUT2D eigenvalue weighted by atomic mass is 15.1. The van der Waals surface area contributed by atoms with E-state index in [1.165, 1.54) is 77.6 Å². The van der Waals surface area contributed by atoms with E-state index in [-0.39, 0.29) is 0 Å². The van der Waals surface area contributed by atoms with Gasteiger partial charge in [0.05, 0.1) is 11.2 Å². The summed E-state index contributed by atoms with van der Waals surface area (Å²) in [6.07, 6.45) is 6.30. The highest BCUT2D eigenvalue weighted by Crippen LogP contribution is 2.37. The highest BCUT2D eigenvalue weighted by Gasteiger charge is 2.22. The van der Waals surface area contributed by atoms with E-state index in [2.05, 4.69) is 54.3 Å². The van der Waals surface area contributed by atoms with Crippen molar-refractivity contribution in [3.8, 4) is 11.3 Å². The molecule has 2 nitrogen and oxygen atoms in total. The van der Waals surface area contributed by atoms with Gasteiger partial charge in [0, 0.05) is 17.5 Å². The quantitative estimate of drug-likeness (QED) is 0.642. The van der Waals surface area contributed by atoms with Crippen molar-refractivity contribution in [3.05, 3.63) is 64.7 Å². The molecule has 2 heteroatoms. The summed E-state index contributed by atoms with van der Waals surface area (Å²) in [5.74, 6) is 0. The molecule has 0 atom stereocenters. The summed E-state index contributed by atoms with van der Waals surface area (Å²) in [6, 6.07) is 15.5. The topological polar surface area (TPSA) is 16.1 Å². The number of aryl methyl sites for hydroxylation is 2. The standard InChI is InChI=1S/C24H26N2/c1-17-14-22-20-10-7-11-21(20)24(18-8-3-2-4-9-18)25-23(22)15-19(17)16-26-12-5-6-13-26/h2-4,8-9,14-15H,5-7,10-13,16H2,1H3. The van der Waals surface area contributed by atoms with E-state index in [0.717, 1.165) is 13.0 Å². The van der Waals surface area contributed by atoms with E-state index in [1.807, 2.05) is 0 Å². The van der Waals surface area contributed by atoms with E-state index in [0.29, 0.717) is 0 Å². The van der Waals surface area contributed by atoms with Crippen molar-refractivity contribution in [1.82, 2.24) is 9.88 Å². The Morgan fingerprint density at radius 2 is 1.69 bits per heavy atom. The molecule has 1 aliphatic heterocycles. The molecular weight excluding hydrogens is 316 g/mol. The molecule has 132 valence electrons. The maximum absolute atomic E-state index is 5.17. The SMILES string of the molecule is Cc1cc2c3c(c(-c4ccccc4)nc2cc1CN1CCCC1)CCC3. The first-order chi connectivity index (χ1) is 12.8. The molecule has 0 spiro atoms. The fourth-order valence-electron chi connectivity index (χ4n) is 4.75. The number of hydrogen-bond acceptors (Lipinski definition) is 2.